The van der Waals surface area contributed by atoms with Crippen LogP contribution >= 0.6 is 12.2 Å². The van der Waals surface area contributed by atoms with Gasteiger partial charge in [-0.25, -0.2) is 4.98 Å². The van der Waals surface area contributed by atoms with Crippen LogP contribution in [0.3, 0.4) is 0 Å². The molecule has 1 aliphatic heterocycles. The maximum atomic E-state index is 12.6. The van der Waals surface area contributed by atoms with Crippen molar-refractivity contribution in [1.82, 2.24) is 9.88 Å². The lowest BCUT2D eigenvalue weighted by atomic mass is 10.2. The third-order valence-corrected chi connectivity index (χ3v) is 4.67. The van der Waals surface area contributed by atoms with Crippen LogP contribution in [0.2, 0.25) is 0 Å². The fourth-order valence-electron chi connectivity index (χ4n) is 2.82. The molecule has 162 valence electrons. The Kier molecular flexibility index (Phi) is 6.25. The van der Waals surface area contributed by atoms with E-state index in [4.69, 9.17) is 12.2 Å². The second-order valence-electron chi connectivity index (χ2n) is 6.38. The summed E-state index contributed by atoms with van der Waals surface area (Å²) in [6.07, 6.45) is -8.38. The summed E-state index contributed by atoms with van der Waals surface area (Å²) in [5.74, 6) is 0.110. The third kappa shape index (κ3) is 5.88. The molecule has 0 radical (unpaired) electrons. The lowest BCUT2D eigenvalue weighted by molar-refractivity contribution is -0.274. The van der Waals surface area contributed by atoms with E-state index in [1.165, 1.54) is 30.3 Å². The summed E-state index contributed by atoms with van der Waals surface area (Å²) < 4.78 is 78.3. The molecule has 0 atom stereocenters. The van der Waals surface area contributed by atoms with Crippen molar-refractivity contribution in [3.63, 3.8) is 0 Å². The van der Waals surface area contributed by atoms with Gasteiger partial charge in [0.1, 0.15) is 11.6 Å². The highest BCUT2D eigenvalue weighted by molar-refractivity contribution is 7.80. The molecule has 1 aromatic carbocycles. The number of pyridine rings is 1. The van der Waals surface area contributed by atoms with E-state index in [0.29, 0.717) is 42.8 Å². The first-order chi connectivity index (χ1) is 14.0. The second-order valence-corrected chi connectivity index (χ2v) is 6.77. The number of anilines is 2. The van der Waals surface area contributed by atoms with E-state index in [-0.39, 0.29) is 5.75 Å². The Balaban J connectivity index is 1.51. The van der Waals surface area contributed by atoms with Gasteiger partial charge in [0, 0.05) is 38.1 Å². The molecule has 0 spiro atoms. The molecule has 2 heterocycles. The minimum absolute atomic E-state index is 0.336. The van der Waals surface area contributed by atoms with Crippen molar-refractivity contribution in [3.8, 4) is 5.75 Å². The summed E-state index contributed by atoms with van der Waals surface area (Å²) >= 11 is 5.33. The Morgan fingerprint density at radius 2 is 1.57 bits per heavy atom. The van der Waals surface area contributed by atoms with E-state index < -0.39 is 18.1 Å². The predicted molar refractivity (Wildman–Crippen MR) is 102 cm³/mol. The van der Waals surface area contributed by atoms with Crippen LogP contribution < -0.4 is 15.0 Å². The molecule has 12 heteroatoms. The maximum absolute atomic E-state index is 12.6. The average molecular weight is 450 g/mol. The first-order valence-corrected chi connectivity index (χ1v) is 9.12. The highest BCUT2D eigenvalue weighted by atomic mass is 32.1. The van der Waals surface area contributed by atoms with Crippen LogP contribution in [0.1, 0.15) is 5.56 Å². The average Bonchev–Trinajstić information content (AvgIpc) is 2.68. The standard InChI is InChI=1S/C18H16F6N4OS/c19-17(20,21)12-1-6-15(25-11-12)27-7-9-28(10-8-27)16(30)26-13-2-4-14(5-3-13)29-18(22,23)24/h1-6,11H,7-10H2,(H,26,30). The number of rotatable bonds is 3. The first kappa shape index (κ1) is 21.9. The van der Waals surface area contributed by atoms with Crippen molar-refractivity contribution in [2.75, 3.05) is 36.4 Å². The van der Waals surface area contributed by atoms with E-state index in [0.717, 1.165) is 12.3 Å². The summed E-state index contributed by atoms with van der Waals surface area (Å²) in [5.41, 5.74) is -0.303. The number of thiocarbonyl (C=S) groups is 1. The smallest absolute Gasteiger partial charge is 0.406 e. The molecule has 0 bridgehead atoms. The number of benzene rings is 1. The van der Waals surface area contributed by atoms with Gasteiger partial charge in [0.2, 0.25) is 0 Å². The van der Waals surface area contributed by atoms with Gasteiger partial charge in [0.05, 0.1) is 5.56 Å². The fraction of sp³-hybridized carbons (Fsp3) is 0.333. The first-order valence-electron chi connectivity index (χ1n) is 8.71. The van der Waals surface area contributed by atoms with Gasteiger partial charge < -0.3 is 19.9 Å². The number of hydrogen-bond acceptors (Lipinski definition) is 4. The van der Waals surface area contributed by atoms with Gasteiger partial charge >= 0.3 is 12.5 Å². The van der Waals surface area contributed by atoms with Gasteiger partial charge in [-0.15, -0.1) is 13.2 Å². The number of nitrogens with zero attached hydrogens (tertiary/aromatic N) is 3. The fourth-order valence-corrected chi connectivity index (χ4v) is 3.12. The number of alkyl halides is 6. The minimum Gasteiger partial charge on any atom is -0.406 e. The van der Waals surface area contributed by atoms with Crippen molar-refractivity contribution in [2.45, 2.75) is 12.5 Å². The summed E-state index contributed by atoms with van der Waals surface area (Å²) in [7, 11) is 0. The molecular formula is C18H16F6N4OS. The number of piperazine rings is 1. The van der Waals surface area contributed by atoms with Crippen LogP contribution in [0.5, 0.6) is 5.75 Å². The molecule has 1 fully saturated rings. The normalized spacial score (nSPS) is 15.1. The maximum Gasteiger partial charge on any atom is 0.573 e. The molecule has 0 amide bonds. The molecule has 0 saturated carbocycles. The Labute approximate surface area is 173 Å². The summed E-state index contributed by atoms with van der Waals surface area (Å²) in [5, 5.41) is 3.33. The summed E-state index contributed by atoms with van der Waals surface area (Å²) in [6, 6.07) is 7.50. The Hall–Kier alpha value is -2.76. The molecule has 3 rings (SSSR count). The summed E-state index contributed by atoms with van der Waals surface area (Å²) in [6.45, 7) is 2.00. The topological polar surface area (TPSA) is 40.6 Å². The van der Waals surface area contributed by atoms with Crippen molar-refractivity contribution in [2.24, 2.45) is 0 Å². The van der Waals surface area contributed by atoms with Crippen LogP contribution in [0.25, 0.3) is 0 Å². The van der Waals surface area contributed by atoms with Gasteiger partial charge in [-0.3, -0.25) is 0 Å². The van der Waals surface area contributed by atoms with E-state index in [1.54, 1.807) is 0 Å². The van der Waals surface area contributed by atoms with Gasteiger partial charge in [-0.2, -0.15) is 13.2 Å². The summed E-state index contributed by atoms with van der Waals surface area (Å²) in [4.78, 5) is 7.59. The Bertz CT molecular complexity index is 862. The zero-order valence-corrected chi connectivity index (χ0v) is 16.1. The monoisotopic (exact) mass is 450 g/mol. The molecular weight excluding hydrogens is 434 g/mol. The van der Waals surface area contributed by atoms with Crippen molar-refractivity contribution >= 4 is 28.8 Å². The largest absolute Gasteiger partial charge is 0.573 e. The van der Waals surface area contributed by atoms with E-state index in [2.05, 4.69) is 15.0 Å². The lowest BCUT2D eigenvalue weighted by Gasteiger charge is -2.36. The molecule has 30 heavy (non-hydrogen) atoms. The molecule has 1 N–H and O–H groups in total. The van der Waals surface area contributed by atoms with Gasteiger partial charge in [-0.05, 0) is 48.6 Å². The molecule has 1 saturated heterocycles. The van der Waals surface area contributed by atoms with Crippen LogP contribution in [0.15, 0.2) is 42.6 Å². The predicted octanol–water partition coefficient (Wildman–Crippen LogP) is 4.52. The zero-order chi connectivity index (χ0) is 21.9. The number of halogens is 6. The highest BCUT2D eigenvalue weighted by Crippen LogP contribution is 2.29. The Morgan fingerprint density at radius 1 is 0.933 bits per heavy atom. The number of nitrogens with one attached hydrogen (secondary N) is 1. The molecule has 0 unspecified atom stereocenters. The second kappa shape index (κ2) is 8.54. The van der Waals surface area contributed by atoms with E-state index in [1.807, 2.05) is 9.80 Å². The number of ether oxygens (including phenoxy) is 1. The Morgan fingerprint density at radius 3 is 2.07 bits per heavy atom. The van der Waals surface area contributed by atoms with Crippen LogP contribution in [0.4, 0.5) is 37.8 Å². The SMILES string of the molecule is FC(F)(F)Oc1ccc(NC(=S)N2CCN(c3ccc(C(F)(F)F)cn3)CC2)cc1. The lowest BCUT2D eigenvalue weighted by Crippen LogP contribution is -2.50. The molecule has 0 aliphatic carbocycles. The molecule has 1 aromatic heterocycles. The molecule has 2 aromatic rings. The van der Waals surface area contributed by atoms with E-state index in [9.17, 15) is 26.3 Å². The quantitative estimate of drug-likeness (QED) is 0.548. The molecule has 1 aliphatic rings. The van der Waals surface area contributed by atoms with Crippen LogP contribution in [0, 0.1) is 0 Å². The van der Waals surface area contributed by atoms with E-state index >= 15 is 0 Å². The van der Waals surface area contributed by atoms with Crippen LogP contribution in [-0.2, 0) is 6.18 Å². The van der Waals surface area contributed by atoms with Crippen molar-refractivity contribution in [3.05, 3.63) is 48.2 Å². The highest BCUT2D eigenvalue weighted by Gasteiger charge is 2.32. The number of hydrogen-bond donors (Lipinski definition) is 1. The van der Waals surface area contributed by atoms with Crippen molar-refractivity contribution < 1.29 is 31.1 Å². The molecule has 5 nitrogen and oxygen atoms in total. The number of aromatic nitrogens is 1. The third-order valence-electron chi connectivity index (χ3n) is 4.31. The van der Waals surface area contributed by atoms with Gasteiger partial charge in [0.25, 0.3) is 0 Å². The van der Waals surface area contributed by atoms with Crippen molar-refractivity contribution in [1.29, 1.82) is 0 Å². The van der Waals surface area contributed by atoms with Crippen LogP contribution in [-0.4, -0.2) is 47.5 Å². The zero-order valence-electron chi connectivity index (χ0n) is 15.3. The van der Waals surface area contributed by atoms with Gasteiger partial charge in [0.15, 0.2) is 5.11 Å². The minimum atomic E-state index is -4.76. The van der Waals surface area contributed by atoms with Gasteiger partial charge in [-0.1, -0.05) is 0 Å².